The molecule has 2 amide bonds. The number of benzene rings is 1. The number of rotatable bonds is 7. The number of nitrogens with one attached hydrogen (secondary N) is 1. The maximum absolute atomic E-state index is 13.0. The Hall–Kier alpha value is -2.48. The molecule has 1 aliphatic heterocycles. The summed E-state index contributed by atoms with van der Waals surface area (Å²) >= 11 is 0. The summed E-state index contributed by atoms with van der Waals surface area (Å²) < 4.78 is 17.8. The highest BCUT2D eigenvalue weighted by Gasteiger charge is 2.38. The number of ether oxygens (including phenoxy) is 1. The number of hydrogen-bond donors (Lipinski definition) is 2. The number of carboxylic acid groups (broad SMARTS) is 1. The average Bonchev–Trinajstić information content (AvgIpc) is 2.93. The monoisotopic (exact) mass is 338 g/mol. The Kier molecular flexibility index (Phi) is 5.86. The number of methoxy groups -OCH3 is 1. The molecule has 2 N–H and O–H groups in total. The topological polar surface area (TPSA) is 95.9 Å². The molecule has 0 bridgehead atoms. The molecule has 1 saturated heterocycles. The smallest absolute Gasteiger partial charge is 0.326 e. The maximum Gasteiger partial charge on any atom is 0.326 e. The third-order valence-corrected chi connectivity index (χ3v) is 3.89. The van der Waals surface area contributed by atoms with Gasteiger partial charge >= 0.3 is 5.97 Å². The highest BCUT2D eigenvalue weighted by Crippen LogP contribution is 2.25. The van der Waals surface area contributed by atoms with Gasteiger partial charge in [-0.1, -0.05) is 0 Å². The van der Waals surface area contributed by atoms with E-state index < -0.39 is 35.6 Å². The summed E-state index contributed by atoms with van der Waals surface area (Å²) in [6.07, 6.45) is 0.388. The first-order valence-corrected chi connectivity index (χ1v) is 7.53. The molecule has 7 nitrogen and oxygen atoms in total. The van der Waals surface area contributed by atoms with Crippen LogP contribution in [0.15, 0.2) is 24.3 Å². The molecule has 2 atom stereocenters. The van der Waals surface area contributed by atoms with E-state index >= 15 is 0 Å². The van der Waals surface area contributed by atoms with E-state index in [1.54, 1.807) is 0 Å². The molecular weight excluding hydrogens is 319 g/mol. The molecule has 0 spiro atoms. The van der Waals surface area contributed by atoms with Crippen LogP contribution in [0.25, 0.3) is 0 Å². The van der Waals surface area contributed by atoms with Crippen LogP contribution in [0, 0.1) is 11.7 Å². The fourth-order valence-corrected chi connectivity index (χ4v) is 2.57. The number of hydrogen-bond acceptors (Lipinski definition) is 4. The summed E-state index contributed by atoms with van der Waals surface area (Å²) in [7, 11) is 1.43. The highest BCUT2D eigenvalue weighted by atomic mass is 19.1. The number of nitrogens with zero attached hydrogens (tertiary/aromatic N) is 1. The Morgan fingerprint density at radius 1 is 1.42 bits per heavy atom. The first-order valence-electron chi connectivity index (χ1n) is 7.53. The zero-order chi connectivity index (χ0) is 17.7. The highest BCUT2D eigenvalue weighted by molar-refractivity contribution is 6.10. The van der Waals surface area contributed by atoms with E-state index in [1.165, 1.54) is 36.3 Å². The van der Waals surface area contributed by atoms with Gasteiger partial charge in [0.15, 0.2) is 0 Å². The second kappa shape index (κ2) is 7.87. The van der Waals surface area contributed by atoms with Crippen molar-refractivity contribution < 1.29 is 28.6 Å². The van der Waals surface area contributed by atoms with Crippen molar-refractivity contribution >= 4 is 23.5 Å². The third kappa shape index (κ3) is 4.08. The van der Waals surface area contributed by atoms with Crippen molar-refractivity contribution in [3.63, 3.8) is 0 Å². The minimum atomic E-state index is -1.18. The van der Waals surface area contributed by atoms with Gasteiger partial charge in [-0.3, -0.25) is 9.59 Å². The minimum absolute atomic E-state index is 0.111. The summed E-state index contributed by atoms with van der Waals surface area (Å²) in [5.74, 6) is -3.58. The molecule has 2 unspecified atom stereocenters. The third-order valence-electron chi connectivity index (χ3n) is 3.89. The van der Waals surface area contributed by atoms with Gasteiger partial charge in [0.2, 0.25) is 11.8 Å². The summed E-state index contributed by atoms with van der Waals surface area (Å²) in [5.41, 5.74) is 0.505. The summed E-state index contributed by atoms with van der Waals surface area (Å²) in [6, 6.07) is 4.30. The molecular formula is C16H19FN2O5. The predicted octanol–water partition coefficient (Wildman–Crippen LogP) is 0.784. The molecule has 8 heteroatoms. The number of carbonyl (C=O) groups is 3. The lowest BCUT2D eigenvalue weighted by Crippen LogP contribution is -2.46. The molecule has 1 aliphatic rings. The molecule has 130 valence electrons. The number of aliphatic carboxylic acids is 1. The van der Waals surface area contributed by atoms with E-state index in [0.29, 0.717) is 12.2 Å². The summed E-state index contributed by atoms with van der Waals surface area (Å²) in [4.78, 5) is 37.2. The number of carbonyl (C=O) groups excluding carboxylic acids is 2. The van der Waals surface area contributed by atoms with Crippen molar-refractivity contribution in [1.29, 1.82) is 0 Å². The van der Waals surface area contributed by atoms with Crippen molar-refractivity contribution in [2.24, 2.45) is 5.92 Å². The Balaban J connectivity index is 2.02. The molecule has 2 rings (SSSR count). The molecule has 1 aromatic rings. The van der Waals surface area contributed by atoms with Crippen molar-refractivity contribution in [2.45, 2.75) is 18.9 Å². The van der Waals surface area contributed by atoms with Gasteiger partial charge in [0.25, 0.3) is 0 Å². The molecule has 0 radical (unpaired) electrons. The van der Waals surface area contributed by atoms with Gasteiger partial charge in [0, 0.05) is 32.4 Å². The van der Waals surface area contributed by atoms with Crippen LogP contribution in [0.4, 0.5) is 10.1 Å². The lowest BCUT2D eigenvalue weighted by Gasteiger charge is -2.18. The van der Waals surface area contributed by atoms with Crippen LogP contribution in [-0.4, -0.2) is 49.2 Å². The van der Waals surface area contributed by atoms with E-state index in [0.717, 1.165) is 0 Å². The zero-order valence-corrected chi connectivity index (χ0v) is 13.2. The van der Waals surface area contributed by atoms with Gasteiger partial charge in [-0.2, -0.15) is 0 Å². The molecule has 1 fully saturated rings. The van der Waals surface area contributed by atoms with Crippen LogP contribution in [0.1, 0.15) is 12.8 Å². The molecule has 24 heavy (non-hydrogen) atoms. The van der Waals surface area contributed by atoms with Crippen molar-refractivity contribution in [2.75, 3.05) is 25.2 Å². The molecule has 0 saturated carbocycles. The van der Waals surface area contributed by atoms with Gasteiger partial charge in [0.1, 0.15) is 17.8 Å². The Morgan fingerprint density at radius 2 is 2.08 bits per heavy atom. The normalized spacial score (nSPS) is 18.5. The van der Waals surface area contributed by atoms with Gasteiger partial charge < -0.3 is 20.1 Å². The molecule has 0 aromatic heterocycles. The SMILES string of the molecule is COCCC(NC(=O)C1CCN(c2ccc(F)cc2)C1=O)C(=O)O. The number of halogens is 1. The Bertz CT molecular complexity index is 619. The van der Waals surface area contributed by atoms with Gasteiger partial charge in [-0.15, -0.1) is 0 Å². The number of anilines is 1. The van der Waals surface area contributed by atoms with Crippen LogP contribution < -0.4 is 10.2 Å². The fraction of sp³-hybridized carbons (Fsp3) is 0.438. The maximum atomic E-state index is 13.0. The Morgan fingerprint density at radius 3 is 2.67 bits per heavy atom. The van der Waals surface area contributed by atoms with E-state index in [1.807, 2.05) is 0 Å². The second-order valence-electron chi connectivity index (χ2n) is 5.49. The quantitative estimate of drug-likeness (QED) is 0.717. The standard InChI is InChI=1S/C16H19FN2O5/c1-24-9-7-13(16(22)23)18-14(20)12-6-8-19(15(12)21)11-4-2-10(17)3-5-11/h2-5,12-13H,6-9H2,1H3,(H,18,20)(H,22,23). The second-order valence-corrected chi connectivity index (χ2v) is 5.49. The summed E-state index contributed by atoms with van der Waals surface area (Å²) in [5, 5.41) is 11.5. The van der Waals surface area contributed by atoms with Gasteiger partial charge in [0.05, 0.1) is 0 Å². The number of amides is 2. The number of carboxylic acids is 1. The van der Waals surface area contributed by atoms with Crippen molar-refractivity contribution in [3.05, 3.63) is 30.1 Å². The van der Waals surface area contributed by atoms with Crippen molar-refractivity contribution in [1.82, 2.24) is 5.32 Å². The molecule has 1 aromatic carbocycles. The summed E-state index contributed by atoms with van der Waals surface area (Å²) in [6.45, 7) is 0.496. The largest absolute Gasteiger partial charge is 0.480 e. The van der Waals surface area contributed by atoms with Gasteiger partial charge in [-0.05, 0) is 30.7 Å². The van der Waals surface area contributed by atoms with E-state index in [-0.39, 0.29) is 19.4 Å². The van der Waals surface area contributed by atoms with E-state index in [2.05, 4.69) is 5.32 Å². The van der Waals surface area contributed by atoms with Crippen LogP contribution in [0.2, 0.25) is 0 Å². The van der Waals surface area contributed by atoms with Crippen LogP contribution in [-0.2, 0) is 19.1 Å². The lowest BCUT2D eigenvalue weighted by molar-refractivity contribution is -0.144. The van der Waals surface area contributed by atoms with Crippen molar-refractivity contribution in [3.8, 4) is 0 Å². The van der Waals surface area contributed by atoms with Crippen LogP contribution in [0.3, 0.4) is 0 Å². The van der Waals surface area contributed by atoms with Crippen LogP contribution >= 0.6 is 0 Å². The minimum Gasteiger partial charge on any atom is -0.480 e. The van der Waals surface area contributed by atoms with E-state index in [9.17, 15) is 18.8 Å². The fourth-order valence-electron chi connectivity index (χ4n) is 2.57. The Labute approximate surface area is 138 Å². The first kappa shape index (κ1) is 17.9. The molecule has 1 heterocycles. The zero-order valence-electron chi connectivity index (χ0n) is 13.2. The van der Waals surface area contributed by atoms with E-state index in [4.69, 9.17) is 9.84 Å². The predicted molar refractivity (Wildman–Crippen MR) is 82.9 cm³/mol. The van der Waals surface area contributed by atoms with Gasteiger partial charge in [-0.25, -0.2) is 9.18 Å². The van der Waals surface area contributed by atoms with Crippen LogP contribution in [0.5, 0.6) is 0 Å². The first-order chi connectivity index (χ1) is 11.4. The lowest BCUT2D eigenvalue weighted by atomic mass is 10.1. The molecule has 0 aliphatic carbocycles. The average molecular weight is 338 g/mol.